The Morgan fingerprint density at radius 3 is 2.23 bits per heavy atom. The van der Waals surface area contributed by atoms with Crippen LogP contribution in [0.15, 0.2) is 37.7 Å². The van der Waals surface area contributed by atoms with Crippen molar-refractivity contribution in [2.75, 3.05) is 11.5 Å². The minimum Gasteiger partial charge on any atom is -0.383 e. The zero-order chi connectivity index (χ0) is 16.5. The van der Waals surface area contributed by atoms with E-state index in [1.165, 1.54) is 10.9 Å². The van der Waals surface area contributed by atoms with Crippen LogP contribution in [0.25, 0.3) is 0 Å². The van der Waals surface area contributed by atoms with Gasteiger partial charge < -0.3 is 11.5 Å². The molecule has 22 heavy (non-hydrogen) atoms. The largest absolute Gasteiger partial charge is 0.383 e. The molecule has 0 spiro atoms. The molecule has 0 unspecified atom stereocenters. The van der Waals surface area contributed by atoms with Gasteiger partial charge in [-0.15, -0.1) is 13.2 Å². The van der Waals surface area contributed by atoms with Crippen LogP contribution in [0, 0.1) is 22.7 Å². The van der Waals surface area contributed by atoms with Gasteiger partial charge in [0.25, 0.3) is 0 Å². The molecule has 0 atom stereocenters. The summed E-state index contributed by atoms with van der Waals surface area (Å²) in [6, 6.07) is 3.86. The van der Waals surface area contributed by atoms with E-state index in [0.29, 0.717) is 30.0 Å². The van der Waals surface area contributed by atoms with Crippen LogP contribution in [0.1, 0.15) is 11.1 Å². The number of nitrogens with zero attached hydrogens (tertiary/aromatic N) is 6. The Hall–Kier alpha value is -3.52. The van der Waals surface area contributed by atoms with Crippen LogP contribution in [0.3, 0.4) is 0 Å². The highest BCUT2D eigenvalue weighted by atomic mass is 15.3. The molecule has 8 nitrogen and oxygen atoms in total. The van der Waals surface area contributed by atoms with Crippen molar-refractivity contribution in [1.82, 2.24) is 19.6 Å². The van der Waals surface area contributed by atoms with Crippen molar-refractivity contribution in [3.05, 3.63) is 48.8 Å². The monoisotopic (exact) mass is 296 g/mol. The lowest BCUT2D eigenvalue weighted by Crippen LogP contribution is -2.02. The average Bonchev–Trinajstić information content (AvgIpc) is 3.04. The maximum absolute atomic E-state index is 8.49. The van der Waals surface area contributed by atoms with Crippen LogP contribution in [0.5, 0.6) is 0 Å². The summed E-state index contributed by atoms with van der Waals surface area (Å²) in [6.07, 6.45) is 6.40. The number of nitriles is 2. The van der Waals surface area contributed by atoms with E-state index in [1.54, 1.807) is 23.0 Å². The molecule has 2 heterocycles. The molecule has 8 heteroatoms. The second-order valence-corrected chi connectivity index (χ2v) is 4.08. The van der Waals surface area contributed by atoms with Crippen molar-refractivity contribution in [1.29, 1.82) is 10.5 Å². The molecule has 112 valence electrons. The van der Waals surface area contributed by atoms with E-state index in [4.69, 9.17) is 22.0 Å². The molecule has 4 N–H and O–H groups in total. The fraction of sp³-hybridized carbons (Fsp3) is 0.143. The molecule has 0 amide bonds. The van der Waals surface area contributed by atoms with Crippen molar-refractivity contribution < 1.29 is 0 Å². The summed E-state index contributed by atoms with van der Waals surface area (Å²) in [5.74, 6) is 0.668. The summed E-state index contributed by atoms with van der Waals surface area (Å²) in [5, 5.41) is 24.7. The van der Waals surface area contributed by atoms with E-state index in [-0.39, 0.29) is 5.82 Å². The van der Waals surface area contributed by atoms with Gasteiger partial charge in [0.05, 0.1) is 19.3 Å². The number of hydrogen-bond acceptors (Lipinski definition) is 6. The molecule has 0 bridgehead atoms. The quantitative estimate of drug-likeness (QED) is 0.809. The maximum Gasteiger partial charge on any atom is 0.163 e. The van der Waals surface area contributed by atoms with Gasteiger partial charge in [0.15, 0.2) is 5.82 Å². The van der Waals surface area contributed by atoms with Gasteiger partial charge in [-0.2, -0.15) is 20.7 Å². The van der Waals surface area contributed by atoms with Crippen LogP contribution >= 0.6 is 0 Å². The molecule has 2 aromatic heterocycles. The Kier molecular flexibility index (Phi) is 5.95. The molecule has 0 aliphatic heterocycles. The molecule has 0 aromatic carbocycles. The first-order valence-electron chi connectivity index (χ1n) is 6.23. The van der Waals surface area contributed by atoms with Gasteiger partial charge in [-0.25, -0.2) is 4.68 Å². The van der Waals surface area contributed by atoms with Crippen molar-refractivity contribution >= 4 is 11.6 Å². The number of nitrogens with two attached hydrogens (primary N) is 2. The number of anilines is 2. The van der Waals surface area contributed by atoms with E-state index in [0.717, 1.165) is 0 Å². The van der Waals surface area contributed by atoms with Gasteiger partial charge in [-0.3, -0.25) is 4.68 Å². The van der Waals surface area contributed by atoms with Crippen LogP contribution in [-0.2, 0) is 13.1 Å². The minimum absolute atomic E-state index is 0.273. The Bertz CT molecular complexity index is 726. The predicted molar refractivity (Wildman–Crippen MR) is 83.1 cm³/mol. The highest BCUT2D eigenvalue weighted by Crippen LogP contribution is 2.08. The summed E-state index contributed by atoms with van der Waals surface area (Å²) in [6.45, 7) is 8.18. The first-order valence-corrected chi connectivity index (χ1v) is 6.23. The normalized spacial score (nSPS) is 9.00. The van der Waals surface area contributed by atoms with Gasteiger partial charge in [-0.05, 0) is 0 Å². The summed E-state index contributed by atoms with van der Waals surface area (Å²) < 4.78 is 3.09. The lowest BCUT2D eigenvalue weighted by atomic mass is 10.4. The van der Waals surface area contributed by atoms with Crippen LogP contribution < -0.4 is 11.5 Å². The first-order chi connectivity index (χ1) is 10.6. The fourth-order valence-corrected chi connectivity index (χ4v) is 1.50. The number of aromatic nitrogens is 4. The van der Waals surface area contributed by atoms with Gasteiger partial charge in [0, 0.05) is 6.20 Å². The molecule has 2 rings (SSSR count). The molecular weight excluding hydrogens is 280 g/mol. The topological polar surface area (TPSA) is 135 Å². The molecule has 0 saturated heterocycles. The van der Waals surface area contributed by atoms with Crippen LogP contribution in [-0.4, -0.2) is 19.6 Å². The minimum atomic E-state index is 0.273. The molecule has 2 aromatic rings. The third kappa shape index (κ3) is 3.99. The summed E-state index contributed by atoms with van der Waals surface area (Å²) in [4.78, 5) is 0. The molecule has 0 aliphatic carbocycles. The smallest absolute Gasteiger partial charge is 0.163 e. The highest BCUT2D eigenvalue weighted by molar-refractivity contribution is 5.47. The van der Waals surface area contributed by atoms with E-state index in [1.807, 2.05) is 12.1 Å². The van der Waals surface area contributed by atoms with Crippen LogP contribution in [0.4, 0.5) is 11.6 Å². The Labute approximate surface area is 128 Å². The number of rotatable bonds is 4. The van der Waals surface area contributed by atoms with Gasteiger partial charge in [0.1, 0.15) is 29.1 Å². The summed E-state index contributed by atoms with van der Waals surface area (Å²) in [5.41, 5.74) is 11.7. The number of nitrogen functional groups attached to an aromatic ring is 2. The zero-order valence-corrected chi connectivity index (χ0v) is 12.0. The highest BCUT2D eigenvalue weighted by Gasteiger charge is 2.03. The van der Waals surface area contributed by atoms with Gasteiger partial charge in [-0.1, -0.05) is 12.2 Å². The summed E-state index contributed by atoms with van der Waals surface area (Å²) >= 11 is 0. The van der Waals surface area contributed by atoms with E-state index >= 15 is 0 Å². The Morgan fingerprint density at radius 1 is 1.14 bits per heavy atom. The summed E-state index contributed by atoms with van der Waals surface area (Å²) in [7, 11) is 0. The molecule has 0 radical (unpaired) electrons. The number of hydrogen-bond donors (Lipinski definition) is 2. The van der Waals surface area contributed by atoms with E-state index in [9.17, 15) is 0 Å². The molecule has 0 aliphatic rings. The Morgan fingerprint density at radius 2 is 1.77 bits per heavy atom. The Balaban J connectivity index is 0.000000220. The van der Waals surface area contributed by atoms with Gasteiger partial charge >= 0.3 is 0 Å². The molecule has 0 fully saturated rings. The van der Waals surface area contributed by atoms with Crippen molar-refractivity contribution in [2.45, 2.75) is 13.1 Å². The lowest BCUT2D eigenvalue weighted by molar-refractivity contribution is 0.706. The average molecular weight is 296 g/mol. The van der Waals surface area contributed by atoms with Crippen molar-refractivity contribution in [2.24, 2.45) is 0 Å². The predicted octanol–water partition coefficient (Wildman–Crippen LogP) is 1.05. The maximum atomic E-state index is 8.49. The molecule has 0 saturated carbocycles. The first kappa shape index (κ1) is 16.5. The van der Waals surface area contributed by atoms with Crippen molar-refractivity contribution in [3.63, 3.8) is 0 Å². The van der Waals surface area contributed by atoms with E-state index < -0.39 is 0 Å². The second-order valence-electron chi connectivity index (χ2n) is 4.08. The standard InChI is InChI=1S/2C7H8N4/c1-2-3-11-5-6(4-8)7(9)10-11;1-2-3-11-7(9)6(4-8)5-10-11/h2,5H,1,3H2,(H2,9,10);2,5H,1,3,9H2. The van der Waals surface area contributed by atoms with Crippen LogP contribution in [0.2, 0.25) is 0 Å². The lowest BCUT2D eigenvalue weighted by Gasteiger charge is -1.96. The van der Waals surface area contributed by atoms with E-state index in [2.05, 4.69) is 23.4 Å². The SMILES string of the molecule is C=CCn1cc(C#N)c(N)n1.C=CCn1ncc(C#N)c1N. The zero-order valence-electron chi connectivity index (χ0n) is 12.0. The number of allylic oxidation sites excluding steroid dienone is 2. The molecular formula is C14H16N8. The second kappa shape index (κ2) is 7.92. The van der Waals surface area contributed by atoms with Gasteiger partial charge in [0.2, 0.25) is 0 Å². The third-order valence-electron chi connectivity index (χ3n) is 2.53. The third-order valence-corrected chi connectivity index (χ3v) is 2.53. The fourth-order valence-electron chi connectivity index (χ4n) is 1.50. The van der Waals surface area contributed by atoms with Crippen molar-refractivity contribution in [3.8, 4) is 12.1 Å².